The van der Waals surface area contributed by atoms with Gasteiger partial charge in [-0.3, -0.25) is 4.31 Å². The maximum Gasteiger partial charge on any atom is 0.267 e. The zero-order valence-corrected chi connectivity index (χ0v) is 13.5. The third kappa shape index (κ3) is 3.11. The van der Waals surface area contributed by atoms with E-state index in [1.54, 1.807) is 39.2 Å². The van der Waals surface area contributed by atoms with Crippen molar-refractivity contribution in [2.75, 3.05) is 18.4 Å². The summed E-state index contributed by atoms with van der Waals surface area (Å²) in [5.41, 5.74) is 1.71. The SMILES string of the molecule is CNCc1cc(S(=O)(=O)N(C)c2ccc(C)cc2)c(C)o1. The number of hydrogen-bond acceptors (Lipinski definition) is 4. The molecule has 1 N–H and O–H groups in total. The van der Waals surface area contributed by atoms with E-state index in [2.05, 4.69) is 5.32 Å². The van der Waals surface area contributed by atoms with E-state index in [4.69, 9.17) is 4.42 Å². The molecule has 0 atom stereocenters. The fourth-order valence-corrected chi connectivity index (χ4v) is 3.46. The maximum absolute atomic E-state index is 12.7. The summed E-state index contributed by atoms with van der Waals surface area (Å²) in [4.78, 5) is 0.204. The van der Waals surface area contributed by atoms with Crippen LogP contribution in [0, 0.1) is 13.8 Å². The number of rotatable bonds is 5. The summed E-state index contributed by atoms with van der Waals surface area (Å²) in [5.74, 6) is 1.00. The highest BCUT2D eigenvalue weighted by Gasteiger charge is 2.26. The Balaban J connectivity index is 2.39. The molecule has 114 valence electrons. The average molecular weight is 308 g/mol. The molecule has 0 fully saturated rings. The lowest BCUT2D eigenvalue weighted by Crippen LogP contribution is -2.26. The molecule has 2 rings (SSSR count). The van der Waals surface area contributed by atoms with Gasteiger partial charge in [0.1, 0.15) is 16.4 Å². The van der Waals surface area contributed by atoms with E-state index in [0.29, 0.717) is 23.8 Å². The normalized spacial score (nSPS) is 11.6. The number of hydrogen-bond donors (Lipinski definition) is 1. The van der Waals surface area contributed by atoms with Crippen molar-refractivity contribution in [2.45, 2.75) is 25.3 Å². The third-order valence-electron chi connectivity index (χ3n) is 3.31. The summed E-state index contributed by atoms with van der Waals surface area (Å²) >= 11 is 0. The van der Waals surface area contributed by atoms with Crippen molar-refractivity contribution in [2.24, 2.45) is 0 Å². The molecule has 0 amide bonds. The van der Waals surface area contributed by atoms with Crippen LogP contribution < -0.4 is 9.62 Å². The lowest BCUT2D eigenvalue weighted by atomic mass is 10.2. The summed E-state index contributed by atoms with van der Waals surface area (Å²) in [6.07, 6.45) is 0. The fraction of sp³-hybridized carbons (Fsp3) is 0.333. The molecule has 0 spiro atoms. The minimum Gasteiger partial charge on any atom is -0.464 e. The molecule has 0 aliphatic carbocycles. The van der Waals surface area contributed by atoms with Gasteiger partial charge >= 0.3 is 0 Å². The smallest absolute Gasteiger partial charge is 0.267 e. The molecule has 1 aromatic heterocycles. The van der Waals surface area contributed by atoms with Crippen molar-refractivity contribution in [3.63, 3.8) is 0 Å². The Kier molecular flexibility index (Phi) is 4.39. The molecule has 6 heteroatoms. The van der Waals surface area contributed by atoms with Crippen LogP contribution in [0.3, 0.4) is 0 Å². The molecule has 2 aromatic rings. The highest BCUT2D eigenvalue weighted by molar-refractivity contribution is 7.92. The second kappa shape index (κ2) is 5.91. The van der Waals surface area contributed by atoms with Gasteiger partial charge in [0.05, 0.1) is 12.2 Å². The largest absolute Gasteiger partial charge is 0.464 e. The molecule has 0 aliphatic heterocycles. The highest BCUT2D eigenvalue weighted by atomic mass is 32.2. The zero-order chi connectivity index (χ0) is 15.6. The van der Waals surface area contributed by atoms with Gasteiger partial charge in [-0.15, -0.1) is 0 Å². The molecule has 1 heterocycles. The number of benzene rings is 1. The predicted molar refractivity (Wildman–Crippen MR) is 83.0 cm³/mol. The lowest BCUT2D eigenvalue weighted by molar-refractivity contribution is 0.466. The summed E-state index contributed by atoms with van der Waals surface area (Å²) in [7, 11) is -0.293. The third-order valence-corrected chi connectivity index (χ3v) is 5.20. The fourth-order valence-electron chi connectivity index (χ4n) is 2.08. The Hall–Kier alpha value is -1.79. The standard InChI is InChI=1S/C15H20N2O3S/c1-11-5-7-13(8-6-11)17(4)21(18,19)15-9-14(10-16-3)20-12(15)2/h5-9,16H,10H2,1-4H3. The average Bonchev–Trinajstić information content (AvgIpc) is 2.81. The first-order chi connectivity index (χ1) is 9.86. The van der Waals surface area contributed by atoms with Crippen molar-refractivity contribution < 1.29 is 12.8 Å². The molecular formula is C15H20N2O3S. The summed E-state index contributed by atoms with van der Waals surface area (Å²) in [6.45, 7) is 4.11. The van der Waals surface area contributed by atoms with Gasteiger partial charge in [0.25, 0.3) is 10.0 Å². The second-order valence-electron chi connectivity index (χ2n) is 4.97. The summed E-state index contributed by atoms with van der Waals surface area (Å²) in [6, 6.07) is 8.92. The Morgan fingerprint density at radius 2 is 1.81 bits per heavy atom. The second-order valence-corrected chi connectivity index (χ2v) is 6.91. The molecular weight excluding hydrogens is 288 g/mol. The Morgan fingerprint density at radius 3 is 2.38 bits per heavy atom. The number of anilines is 1. The van der Waals surface area contributed by atoms with Gasteiger partial charge in [-0.05, 0) is 33.0 Å². The Bertz CT molecular complexity index is 718. The van der Waals surface area contributed by atoms with Gasteiger partial charge in [0, 0.05) is 13.1 Å². The first kappa shape index (κ1) is 15.6. The van der Waals surface area contributed by atoms with E-state index < -0.39 is 10.0 Å². The van der Waals surface area contributed by atoms with E-state index in [0.717, 1.165) is 5.56 Å². The molecule has 5 nitrogen and oxygen atoms in total. The van der Waals surface area contributed by atoms with Gasteiger partial charge in [-0.25, -0.2) is 8.42 Å². The molecule has 0 bridgehead atoms. The number of furan rings is 1. The topological polar surface area (TPSA) is 62.6 Å². The van der Waals surface area contributed by atoms with Gasteiger partial charge in [0.2, 0.25) is 0 Å². The minimum absolute atomic E-state index is 0.204. The van der Waals surface area contributed by atoms with Gasteiger partial charge < -0.3 is 9.73 Å². The van der Waals surface area contributed by atoms with Crippen LogP contribution in [0.25, 0.3) is 0 Å². The molecule has 1 aromatic carbocycles. The van der Waals surface area contributed by atoms with E-state index in [1.807, 2.05) is 19.1 Å². The monoisotopic (exact) mass is 308 g/mol. The van der Waals surface area contributed by atoms with Gasteiger partial charge in [-0.2, -0.15) is 0 Å². The minimum atomic E-state index is -3.62. The lowest BCUT2D eigenvalue weighted by Gasteiger charge is -2.19. The van der Waals surface area contributed by atoms with Crippen molar-refractivity contribution in [3.05, 3.63) is 47.4 Å². The van der Waals surface area contributed by atoms with E-state index in [9.17, 15) is 8.42 Å². The van der Waals surface area contributed by atoms with Crippen LogP contribution in [-0.2, 0) is 16.6 Å². The van der Waals surface area contributed by atoms with Crippen LogP contribution in [0.2, 0.25) is 0 Å². The number of nitrogens with zero attached hydrogens (tertiary/aromatic N) is 1. The van der Waals surface area contributed by atoms with Gasteiger partial charge in [0.15, 0.2) is 0 Å². The van der Waals surface area contributed by atoms with Crippen LogP contribution >= 0.6 is 0 Å². The zero-order valence-electron chi connectivity index (χ0n) is 12.7. The Morgan fingerprint density at radius 1 is 1.19 bits per heavy atom. The van der Waals surface area contributed by atoms with E-state index in [1.165, 1.54) is 4.31 Å². The van der Waals surface area contributed by atoms with Crippen molar-refractivity contribution in [3.8, 4) is 0 Å². The van der Waals surface area contributed by atoms with Crippen molar-refractivity contribution in [1.82, 2.24) is 5.32 Å². The predicted octanol–water partition coefficient (Wildman–Crippen LogP) is 2.44. The van der Waals surface area contributed by atoms with Crippen LogP contribution in [-0.4, -0.2) is 22.5 Å². The molecule has 0 unspecified atom stereocenters. The molecule has 0 saturated heterocycles. The quantitative estimate of drug-likeness (QED) is 0.921. The van der Waals surface area contributed by atoms with Gasteiger partial charge in [-0.1, -0.05) is 17.7 Å². The number of sulfonamides is 1. The highest BCUT2D eigenvalue weighted by Crippen LogP contribution is 2.26. The van der Waals surface area contributed by atoms with Crippen LogP contribution in [0.1, 0.15) is 17.1 Å². The molecule has 0 radical (unpaired) electrons. The van der Waals surface area contributed by atoms with Crippen LogP contribution in [0.15, 0.2) is 39.6 Å². The van der Waals surface area contributed by atoms with E-state index >= 15 is 0 Å². The Labute approximate surface area is 125 Å². The summed E-state index contributed by atoms with van der Waals surface area (Å²) in [5, 5.41) is 2.94. The van der Waals surface area contributed by atoms with E-state index in [-0.39, 0.29) is 4.90 Å². The maximum atomic E-state index is 12.7. The first-order valence-electron chi connectivity index (χ1n) is 6.65. The molecule has 21 heavy (non-hydrogen) atoms. The van der Waals surface area contributed by atoms with Crippen LogP contribution in [0.5, 0.6) is 0 Å². The molecule has 0 aliphatic rings. The number of nitrogens with one attached hydrogen (secondary N) is 1. The van der Waals surface area contributed by atoms with Crippen molar-refractivity contribution >= 4 is 15.7 Å². The van der Waals surface area contributed by atoms with Crippen LogP contribution in [0.4, 0.5) is 5.69 Å². The van der Waals surface area contributed by atoms with Crippen molar-refractivity contribution in [1.29, 1.82) is 0 Å². The number of aryl methyl sites for hydroxylation is 2. The molecule has 0 saturated carbocycles. The first-order valence-corrected chi connectivity index (χ1v) is 8.09. The summed E-state index contributed by atoms with van der Waals surface area (Å²) < 4.78 is 32.2.